The summed E-state index contributed by atoms with van der Waals surface area (Å²) in [5.74, 6) is 1.25. The molecule has 0 N–H and O–H groups in total. The van der Waals surface area contributed by atoms with Gasteiger partial charge in [0.25, 0.3) is 0 Å². The second-order valence-electron chi connectivity index (χ2n) is 6.38. The molecule has 0 atom stereocenters. The first-order valence-electron chi connectivity index (χ1n) is 9.68. The Kier molecular flexibility index (Phi) is 6.87. The summed E-state index contributed by atoms with van der Waals surface area (Å²) in [5, 5.41) is 9.56. The van der Waals surface area contributed by atoms with E-state index in [-0.39, 0.29) is 5.91 Å². The lowest BCUT2D eigenvalue weighted by Gasteiger charge is -2.18. The van der Waals surface area contributed by atoms with Crippen LogP contribution in [0.15, 0.2) is 59.8 Å². The zero-order chi connectivity index (χ0) is 19.9. The van der Waals surface area contributed by atoms with Gasteiger partial charge in [-0.25, -0.2) is 0 Å². The number of carbonyl (C=O) groups excluding carboxylic acids is 1. The maximum absolute atomic E-state index is 12.4. The van der Waals surface area contributed by atoms with Gasteiger partial charge in [0.15, 0.2) is 11.0 Å². The molecule has 0 saturated heterocycles. The van der Waals surface area contributed by atoms with Crippen molar-refractivity contribution in [3.05, 3.63) is 60.2 Å². The molecule has 5 nitrogen and oxygen atoms in total. The van der Waals surface area contributed by atoms with Crippen molar-refractivity contribution >= 4 is 17.7 Å². The quantitative estimate of drug-likeness (QED) is 0.530. The van der Waals surface area contributed by atoms with Crippen LogP contribution in [0.2, 0.25) is 0 Å². The summed E-state index contributed by atoms with van der Waals surface area (Å²) >= 11 is 1.43. The van der Waals surface area contributed by atoms with Gasteiger partial charge in [0.05, 0.1) is 5.75 Å². The van der Waals surface area contributed by atoms with Crippen molar-refractivity contribution in [2.45, 2.75) is 32.3 Å². The summed E-state index contributed by atoms with van der Waals surface area (Å²) in [6.07, 6.45) is 0.994. The van der Waals surface area contributed by atoms with Crippen LogP contribution in [-0.2, 0) is 11.2 Å². The third-order valence-corrected chi connectivity index (χ3v) is 5.62. The van der Waals surface area contributed by atoms with Gasteiger partial charge >= 0.3 is 0 Å². The average Bonchev–Trinajstić information content (AvgIpc) is 3.17. The minimum atomic E-state index is 0.118. The molecule has 0 radical (unpaired) electrons. The molecular weight excluding hydrogens is 368 g/mol. The minimum Gasteiger partial charge on any atom is -0.343 e. The Morgan fingerprint density at radius 1 is 0.964 bits per heavy atom. The van der Waals surface area contributed by atoms with Gasteiger partial charge < -0.3 is 4.90 Å². The lowest BCUT2D eigenvalue weighted by Crippen LogP contribution is -2.31. The van der Waals surface area contributed by atoms with Crippen LogP contribution in [-0.4, -0.2) is 44.4 Å². The Hall–Kier alpha value is -2.60. The number of rotatable bonds is 8. The van der Waals surface area contributed by atoms with Gasteiger partial charge in [0.2, 0.25) is 5.91 Å². The minimum absolute atomic E-state index is 0.118. The lowest BCUT2D eigenvalue weighted by atomic mass is 10.1. The summed E-state index contributed by atoms with van der Waals surface area (Å²) in [5.41, 5.74) is 3.28. The number of benzene rings is 2. The fourth-order valence-corrected chi connectivity index (χ4v) is 3.90. The van der Waals surface area contributed by atoms with E-state index in [2.05, 4.69) is 41.4 Å². The largest absolute Gasteiger partial charge is 0.343 e. The highest BCUT2D eigenvalue weighted by molar-refractivity contribution is 7.99. The first-order valence-corrected chi connectivity index (χ1v) is 10.7. The van der Waals surface area contributed by atoms with Gasteiger partial charge in [-0.2, -0.15) is 0 Å². The first kappa shape index (κ1) is 20.1. The summed E-state index contributed by atoms with van der Waals surface area (Å²) in [6, 6.07) is 18.4. The van der Waals surface area contributed by atoms with Crippen molar-refractivity contribution < 1.29 is 4.79 Å². The Bertz CT molecular complexity index is 902. The van der Waals surface area contributed by atoms with E-state index in [0.717, 1.165) is 41.7 Å². The van der Waals surface area contributed by atoms with Crippen LogP contribution < -0.4 is 0 Å². The summed E-state index contributed by atoms with van der Waals surface area (Å²) in [4.78, 5) is 14.3. The molecule has 146 valence electrons. The van der Waals surface area contributed by atoms with Gasteiger partial charge in [-0.1, -0.05) is 61.2 Å². The molecule has 1 amide bonds. The van der Waals surface area contributed by atoms with E-state index in [0.29, 0.717) is 5.75 Å². The Balaban J connectivity index is 1.96. The molecule has 0 spiro atoms. The van der Waals surface area contributed by atoms with E-state index in [4.69, 9.17) is 0 Å². The molecule has 3 rings (SSSR count). The topological polar surface area (TPSA) is 51.0 Å². The van der Waals surface area contributed by atoms with Crippen molar-refractivity contribution in [2.75, 3.05) is 18.8 Å². The monoisotopic (exact) mass is 394 g/mol. The number of carbonyl (C=O) groups is 1. The molecule has 0 aliphatic carbocycles. The first-order chi connectivity index (χ1) is 13.7. The number of hydrogen-bond acceptors (Lipinski definition) is 4. The smallest absolute Gasteiger partial charge is 0.233 e. The number of nitrogens with zero attached hydrogens (tertiary/aromatic N) is 4. The normalized spacial score (nSPS) is 10.8. The fourth-order valence-electron chi connectivity index (χ4n) is 3.04. The van der Waals surface area contributed by atoms with Gasteiger partial charge in [0, 0.05) is 24.3 Å². The lowest BCUT2D eigenvalue weighted by molar-refractivity contribution is -0.127. The fraction of sp³-hybridized carbons (Fsp3) is 0.318. The maximum atomic E-state index is 12.4. The van der Waals surface area contributed by atoms with E-state index < -0.39 is 0 Å². The van der Waals surface area contributed by atoms with E-state index in [1.54, 1.807) is 0 Å². The summed E-state index contributed by atoms with van der Waals surface area (Å²) in [7, 11) is 0. The highest BCUT2D eigenvalue weighted by Crippen LogP contribution is 2.28. The standard InChI is InChI=1S/C22H26N4OS/c1-4-17-12-14-19(15-13-17)26-21(18-10-8-7-9-11-18)23-24-22(26)28-16-20(27)25(5-2)6-3/h7-15H,4-6,16H2,1-3H3. The van der Waals surface area contributed by atoms with E-state index in [1.807, 2.05) is 53.6 Å². The molecule has 0 bridgehead atoms. The molecule has 0 saturated carbocycles. The molecule has 1 heterocycles. The Labute approximate surface area is 170 Å². The molecule has 0 aliphatic heterocycles. The van der Waals surface area contributed by atoms with Gasteiger partial charge in [-0.05, 0) is 38.0 Å². The number of thioether (sulfide) groups is 1. The molecule has 3 aromatic rings. The molecular formula is C22H26N4OS. The van der Waals surface area contributed by atoms with Crippen molar-refractivity contribution in [2.24, 2.45) is 0 Å². The zero-order valence-corrected chi connectivity index (χ0v) is 17.4. The molecule has 0 aliphatic rings. The van der Waals surface area contributed by atoms with E-state index in [1.165, 1.54) is 17.3 Å². The number of amides is 1. The van der Waals surface area contributed by atoms with Crippen LogP contribution in [0.3, 0.4) is 0 Å². The van der Waals surface area contributed by atoms with Crippen LogP contribution >= 0.6 is 11.8 Å². The predicted octanol–water partition coefficient (Wildman–Crippen LogP) is 4.46. The van der Waals surface area contributed by atoms with Gasteiger partial charge in [-0.3, -0.25) is 9.36 Å². The average molecular weight is 395 g/mol. The van der Waals surface area contributed by atoms with Crippen molar-refractivity contribution in [3.63, 3.8) is 0 Å². The predicted molar refractivity (Wildman–Crippen MR) is 115 cm³/mol. The van der Waals surface area contributed by atoms with Crippen LogP contribution in [0, 0.1) is 0 Å². The Morgan fingerprint density at radius 3 is 2.25 bits per heavy atom. The van der Waals surface area contributed by atoms with Crippen molar-refractivity contribution in [3.8, 4) is 17.1 Å². The van der Waals surface area contributed by atoms with Gasteiger partial charge in [0.1, 0.15) is 0 Å². The van der Waals surface area contributed by atoms with Crippen molar-refractivity contribution in [1.29, 1.82) is 0 Å². The van der Waals surface area contributed by atoms with Crippen LogP contribution in [0.25, 0.3) is 17.1 Å². The molecule has 0 fully saturated rings. The van der Waals surface area contributed by atoms with E-state index in [9.17, 15) is 4.79 Å². The molecule has 6 heteroatoms. The molecule has 1 aromatic heterocycles. The van der Waals surface area contributed by atoms with Gasteiger partial charge in [-0.15, -0.1) is 10.2 Å². The number of aromatic nitrogens is 3. The molecule has 2 aromatic carbocycles. The van der Waals surface area contributed by atoms with Crippen LogP contribution in [0.1, 0.15) is 26.3 Å². The zero-order valence-electron chi connectivity index (χ0n) is 16.6. The van der Waals surface area contributed by atoms with Crippen molar-refractivity contribution in [1.82, 2.24) is 19.7 Å². The Morgan fingerprint density at radius 2 is 1.64 bits per heavy atom. The second kappa shape index (κ2) is 9.55. The summed E-state index contributed by atoms with van der Waals surface area (Å²) in [6.45, 7) is 7.57. The third kappa shape index (κ3) is 4.44. The number of aryl methyl sites for hydroxylation is 1. The number of hydrogen-bond donors (Lipinski definition) is 0. The van der Waals surface area contributed by atoms with Crippen LogP contribution in [0.4, 0.5) is 0 Å². The summed E-state index contributed by atoms with van der Waals surface area (Å²) < 4.78 is 2.04. The highest BCUT2D eigenvalue weighted by Gasteiger charge is 2.18. The SMILES string of the molecule is CCc1ccc(-n2c(SCC(=O)N(CC)CC)nnc2-c2ccccc2)cc1. The molecule has 0 unspecified atom stereocenters. The highest BCUT2D eigenvalue weighted by atomic mass is 32.2. The maximum Gasteiger partial charge on any atom is 0.233 e. The van der Waals surface area contributed by atoms with E-state index >= 15 is 0 Å². The van der Waals surface area contributed by atoms with Crippen LogP contribution in [0.5, 0.6) is 0 Å². The third-order valence-electron chi connectivity index (χ3n) is 4.71. The molecule has 28 heavy (non-hydrogen) atoms. The second-order valence-corrected chi connectivity index (χ2v) is 7.32.